The van der Waals surface area contributed by atoms with E-state index in [1.807, 2.05) is 45.9 Å². The number of benzene rings is 1. The van der Waals surface area contributed by atoms with Crippen molar-refractivity contribution in [1.29, 1.82) is 5.26 Å². The number of unbranched alkanes of at least 4 members (excludes halogenated alkanes) is 2. The Morgan fingerprint density at radius 1 is 1.11 bits per heavy atom. The number of amides is 3. The monoisotopic (exact) mass is 500 g/mol. The molecule has 3 atom stereocenters. The number of carbonyl (C=O) groups is 3. The van der Waals surface area contributed by atoms with E-state index in [4.69, 9.17) is 4.74 Å². The van der Waals surface area contributed by atoms with Crippen LogP contribution in [0.5, 0.6) is 0 Å². The quantitative estimate of drug-likeness (QED) is 0.312. The lowest BCUT2D eigenvalue weighted by atomic mass is 9.92. The molecule has 0 aliphatic rings. The standard InChI is InChI=1S/C28H44N4O4/c1-9-11-12-17-30-25(33)24(22-20(4)14-13-15-21(22)5)32(18-16-29)26(34)23(19(3)10-2)31-27(35)36-28(6,7)8/h13-15,19,23-24H,9-12,17-18H2,1-8H3,(H,30,33)(H,31,35). The van der Waals surface area contributed by atoms with Gasteiger partial charge in [0.1, 0.15) is 24.2 Å². The lowest BCUT2D eigenvalue weighted by molar-refractivity contribution is -0.142. The maximum absolute atomic E-state index is 14.0. The maximum atomic E-state index is 14.0. The van der Waals surface area contributed by atoms with Crippen LogP contribution in [0, 0.1) is 31.1 Å². The van der Waals surface area contributed by atoms with Gasteiger partial charge < -0.3 is 20.3 Å². The lowest BCUT2D eigenvalue weighted by Crippen LogP contribution is -2.55. The van der Waals surface area contributed by atoms with Crippen molar-refractivity contribution in [2.45, 2.75) is 98.8 Å². The Labute approximate surface area is 216 Å². The number of aryl methyl sites for hydroxylation is 2. The number of nitriles is 1. The number of carbonyl (C=O) groups excluding carboxylic acids is 3. The molecule has 0 fully saturated rings. The molecule has 200 valence electrons. The van der Waals surface area contributed by atoms with Gasteiger partial charge >= 0.3 is 6.09 Å². The SMILES string of the molecule is CCCCCNC(=O)C(c1c(C)cccc1C)N(CC#N)C(=O)C(NC(=O)OC(C)(C)C)C(C)CC. The molecule has 8 heteroatoms. The average molecular weight is 501 g/mol. The first-order chi connectivity index (χ1) is 16.9. The van der Waals surface area contributed by atoms with Crippen LogP contribution in [0.4, 0.5) is 4.79 Å². The molecule has 3 unspecified atom stereocenters. The molecule has 0 saturated heterocycles. The fourth-order valence-electron chi connectivity index (χ4n) is 4.04. The summed E-state index contributed by atoms with van der Waals surface area (Å²) >= 11 is 0. The molecule has 0 spiro atoms. The Morgan fingerprint density at radius 3 is 2.22 bits per heavy atom. The highest BCUT2D eigenvalue weighted by molar-refractivity contribution is 5.93. The molecule has 8 nitrogen and oxygen atoms in total. The van der Waals surface area contributed by atoms with E-state index in [0.717, 1.165) is 30.4 Å². The Kier molecular flexibility index (Phi) is 12.4. The number of hydrogen-bond donors (Lipinski definition) is 2. The third-order valence-corrected chi connectivity index (χ3v) is 6.13. The molecule has 0 radical (unpaired) electrons. The van der Waals surface area contributed by atoms with Gasteiger partial charge in [0.2, 0.25) is 11.8 Å². The Bertz CT molecular complexity index is 912. The van der Waals surface area contributed by atoms with E-state index < -0.39 is 29.7 Å². The normalized spacial score (nSPS) is 13.6. The van der Waals surface area contributed by atoms with Crippen molar-refractivity contribution in [2.75, 3.05) is 13.1 Å². The molecular formula is C28H44N4O4. The zero-order valence-electron chi connectivity index (χ0n) is 23.2. The lowest BCUT2D eigenvalue weighted by Gasteiger charge is -2.35. The van der Waals surface area contributed by atoms with Gasteiger partial charge in [-0.1, -0.05) is 58.2 Å². The number of ether oxygens (including phenoxy) is 1. The number of nitrogens with one attached hydrogen (secondary N) is 2. The van der Waals surface area contributed by atoms with Crippen LogP contribution in [0.1, 0.15) is 90.0 Å². The first kappa shape index (κ1) is 31.0. The van der Waals surface area contributed by atoms with Crippen LogP contribution in [0.15, 0.2) is 18.2 Å². The number of alkyl carbamates (subject to hydrolysis) is 1. The van der Waals surface area contributed by atoms with Crippen molar-refractivity contribution in [1.82, 2.24) is 15.5 Å². The number of hydrogen-bond acceptors (Lipinski definition) is 5. The van der Waals surface area contributed by atoms with Crippen molar-refractivity contribution in [3.63, 3.8) is 0 Å². The van der Waals surface area contributed by atoms with E-state index in [9.17, 15) is 19.6 Å². The highest BCUT2D eigenvalue weighted by Crippen LogP contribution is 2.29. The Balaban J connectivity index is 3.50. The molecular weight excluding hydrogens is 456 g/mol. The van der Waals surface area contributed by atoms with Crippen molar-refractivity contribution in [3.05, 3.63) is 34.9 Å². The molecule has 0 aliphatic carbocycles. The van der Waals surface area contributed by atoms with Crippen molar-refractivity contribution >= 4 is 17.9 Å². The topological polar surface area (TPSA) is 112 Å². The molecule has 1 aromatic carbocycles. The van der Waals surface area contributed by atoms with Crippen LogP contribution in [0.25, 0.3) is 0 Å². The van der Waals surface area contributed by atoms with E-state index in [-0.39, 0.29) is 18.4 Å². The second kappa shape index (κ2) is 14.5. The zero-order chi connectivity index (χ0) is 27.5. The van der Waals surface area contributed by atoms with E-state index in [1.165, 1.54) is 4.90 Å². The molecule has 1 aromatic rings. The van der Waals surface area contributed by atoms with Crippen LogP contribution in [0.3, 0.4) is 0 Å². The van der Waals surface area contributed by atoms with E-state index in [1.54, 1.807) is 20.8 Å². The summed E-state index contributed by atoms with van der Waals surface area (Å²) < 4.78 is 5.39. The van der Waals surface area contributed by atoms with Gasteiger partial charge in [0.05, 0.1) is 6.07 Å². The molecule has 36 heavy (non-hydrogen) atoms. The average Bonchev–Trinajstić information content (AvgIpc) is 2.79. The zero-order valence-corrected chi connectivity index (χ0v) is 23.2. The minimum Gasteiger partial charge on any atom is -0.444 e. The van der Waals surface area contributed by atoms with Crippen LogP contribution in [0.2, 0.25) is 0 Å². The van der Waals surface area contributed by atoms with Crippen molar-refractivity contribution in [3.8, 4) is 6.07 Å². The summed E-state index contributed by atoms with van der Waals surface area (Å²) in [6.07, 6.45) is 2.70. The second-order valence-electron chi connectivity index (χ2n) is 10.3. The predicted octanol–water partition coefficient (Wildman–Crippen LogP) is 4.94. The second-order valence-corrected chi connectivity index (χ2v) is 10.3. The molecule has 2 N–H and O–H groups in total. The van der Waals surface area contributed by atoms with E-state index >= 15 is 0 Å². The Hall–Kier alpha value is -3.08. The minimum absolute atomic E-state index is 0.252. The first-order valence-corrected chi connectivity index (χ1v) is 12.9. The summed E-state index contributed by atoms with van der Waals surface area (Å²) in [4.78, 5) is 41.5. The van der Waals surface area contributed by atoms with Gasteiger partial charge in [-0.05, 0) is 63.6 Å². The largest absolute Gasteiger partial charge is 0.444 e. The summed E-state index contributed by atoms with van der Waals surface area (Å²) in [6, 6.07) is 5.76. The van der Waals surface area contributed by atoms with Crippen LogP contribution in [-0.2, 0) is 14.3 Å². The van der Waals surface area contributed by atoms with Crippen LogP contribution >= 0.6 is 0 Å². The molecule has 0 bridgehead atoms. The van der Waals surface area contributed by atoms with Gasteiger partial charge in [-0.25, -0.2) is 4.79 Å². The minimum atomic E-state index is -1.01. The third-order valence-electron chi connectivity index (χ3n) is 6.13. The molecule has 3 amide bonds. The number of rotatable bonds is 12. The van der Waals surface area contributed by atoms with Crippen LogP contribution in [-0.4, -0.2) is 47.5 Å². The summed E-state index contributed by atoms with van der Waals surface area (Å²) in [5, 5.41) is 15.3. The maximum Gasteiger partial charge on any atom is 0.408 e. The van der Waals surface area contributed by atoms with Crippen molar-refractivity contribution in [2.24, 2.45) is 5.92 Å². The van der Waals surface area contributed by atoms with Gasteiger partial charge in [0.15, 0.2) is 0 Å². The number of nitrogens with zero attached hydrogens (tertiary/aromatic N) is 2. The molecule has 0 aromatic heterocycles. The highest BCUT2D eigenvalue weighted by Gasteiger charge is 2.39. The van der Waals surface area contributed by atoms with E-state index in [0.29, 0.717) is 18.5 Å². The third kappa shape index (κ3) is 9.18. The van der Waals surface area contributed by atoms with E-state index in [2.05, 4.69) is 23.6 Å². The van der Waals surface area contributed by atoms with Gasteiger partial charge in [-0.3, -0.25) is 9.59 Å². The summed E-state index contributed by atoms with van der Waals surface area (Å²) in [5.74, 6) is -1.09. The summed E-state index contributed by atoms with van der Waals surface area (Å²) in [6.45, 7) is 15.0. The summed E-state index contributed by atoms with van der Waals surface area (Å²) in [5.41, 5.74) is 1.65. The molecule has 1 rings (SSSR count). The van der Waals surface area contributed by atoms with Gasteiger partial charge in [0.25, 0.3) is 0 Å². The smallest absolute Gasteiger partial charge is 0.408 e. The molecule has 0 heterocycles. The molecule has 0 aliphatic heterocycles. The van der Waals surface area contributed by atoms with Crippen molar-refractivity contribution < 1.29 is 19.1 Å². The first-order valence-electron chi connectivity index (χ1n) is 12.9. The molecule has 0 saturated carbocycles. The predicted molar refractivity (Wildman–Crippen MR) is 141 cm³/mol. The highest BCUT2D eigenvalue weighted by atomic mass is 16.6. The Morgan fingerprint density at radius 2 is 1.72 bits per heavy atom. The fraction of sp³-hybridized carbons (Fsp3) is 0.643. The summed E-state index contributed by atoms with van der Waals surface area (Å²) in [7, 11) is 0. The fourth-order valence-corrected chi connectivity index (χ4v) is 4.04. The van der Waals surface area contributed by atoms with Gasteiger partial charge in [0, 0.05) is 6.54 Å². The van der Waals surface area contributed by atoms with Gasteiger partial charge in [-0.2, -0.15) is 5.26 Å². The van der Waals surface area contributed by atoms with Crippen LogP contribution < -0.4 is 10.6 Å². The van der Waals surface area contributed by atoms with Gasteiger partial charge in [-0.15, -0.1) is 0 Å².